The molecule has 12 heteroatoms. The lowest BCUT2D eigenvalue weighted by Crippen LogP contribution is -2.40. The first kappa shape index (κ1) is 22.0. The number of hydrogen-bond donors (Lipinski definition) is 0. The van der Waals surface area contributed by atoms with E-state index in [0.717, 1.165) is 0 Å². The van der Waals surface area contributed by atoms with Crippen LogP contribution in [0.4, 0.5) is 17.6 Å². The third-order valence-corrected chi connectivity index (χ3v) is 3.19. The van der Waals surface area contributed by atoms with E-state index in [4.69, 9.17) is 10.00 Å². The molecule has 0 amide bonds. The van der Waals surface area contributed by atoms with Crippen LogP contribution in [0.25, 0.3) is 0 Å². The van der Waals surface area contributed by atoms with Gasteiger partial charge < -0.3 is 9.47 Å². The summed E-state index contributed by atoms with van der Waals surface area (Å²) in [6.45, 7) is 0.903. The summed E-state index contributed by atoms with van der Waals surface area (Å²) in [6.07, 6.45) is -4.66. The van der Waals surface area contributed by atoms with Crippen molar-refractivity contribution >= 4 is 17.8 Å². The minimum Gasteiger partial charge on any atom is -0.497 e. The number of alkyl halides is 4. The van der Waals surface area contributed by atoms with Crippen LogP contribution in [-0.4, -0.2) is 30.8 Å². The first-order chi connectivity index (χ1) is 12.3. The average Bonchev–Trinajstić information content (AvgIpc) is 2.63. The van der Waals surface area contributed by atoms with Gasteiger partial charge in [-0.3, -0.25) is 0 Å². The van der Waals surface area contributed by atoms with Gasteiger partial charge in [-0.2, -0.15) is 27.8 Å². The van der Waals surface area contributed by atoms with E-state index < -0.39 is 30.0 Å². The van der Waals surface area contributed by atoms with Crippen molar-refractivity contribution in [1.82, 2.24) is 0 Å². The van der Waals surface area contributed by atoms with E-state index in [9.17, 15) is 17.6 Å². The summed E-state index contributed by atoms with van der Waals surface area (Å²) in [5.74, 6) is 0.524. The van der Waals surface area contributed by atoms with Crippen LogP contribution in [0.5, 0.6) is 5.75 Å². The Bertz CT molecular complexity index is 637. The van der Waals surface area contributed by atoms with Crippen molar-refractivity contribution in [2.45, 2.75) is 24.7 Å². The van der Waals surface area contributed by atoms with Crippen molar-refractivity contribution in [2.75, 3.05) is 13.7 Å². The highest BCUT2D eigenvalue weighted by Crippen LogP contribution is 2.44. The fraction of sp³-hybridized carbons (Fsp3) is 0.429. The molecule has 0 aliphatic rings. The van der Waals surface area contributed by atoms with Crippen molar-refractivity contribution in [3.63, 3.8) is 0 Å². The lowest BCUT2D eigenvalue weighted by atomic mass is 10.1. The van der Waals surface area contributed by atoms with E-state index in [2.05, 4.69) is 24.3 Å². The third kappa shape index (κ3) is 6.34. The van der Waals surface area contributed by atoms with Crippen molar-refractivity contribution < 1.29 is 41.4 Å². The zero-order chi connectivity index (χ0) is 19.6. The van der Waals surface area contributed by atoms with Crippen LogP contribution in [0.2, 0.25) is 0 Å². The number of halogens is 4. The number of ether oxygens (including phenoxy) is 2. The molecule has 0 aromatic heterocycles. The molecule has 26 heavy (non-hydrogen) atoms. The van der Waals surface area contributed by atoms with Gasteiger partial charge >= 0.3 is 11.4 Å². The fourth-order valence-corrected chi connectivity index (χ4v) is 1.66. The standard InChI is InChI=1S/C14H14F4N2O5S/c1-3-8-22-13(15,16)14(17,18)26-25-24-23-20-12(9-19)10-4-6-11(21-2)7-5-10/h4-7H,3,8H2,1-2H3/b20-12+. The molecule has 0 aliphatic heterocycles. The zero-order valence-corrected chi connectivity index (χ0v) is 14.4. The summed E-state index contributed by atoms with van der Waals surface area (Å²) in [5.41, 5.74) is 0.0130. The minimum atomic E-state index is -4.78. The van der Waals surface area contributed by atoms with Crippen LogP contribution in [0.1, 0.15) is 18.9 Å². The Labute approximate surface area is 150 Å². The quantitative estimate of drug-likeness (QED) is 0.139. The Morgan fingerprint density at radius 2 is 1.88 bits per heavy atom. The molecule has 1 aromatic carbocycles. The molecule has 0 saturated heterocycles. The number of oxime groups is 1. The van der Waals surface area contributed by atoms with Gasteiger partial charge in [-0.05, 0) is 35.8 Å². The van der Waals surface area contributed by atoms with Crippen LogP contribution in [0.15, 0.2) is 29.4 Å². The molecule has 0 N–H and O–H groups in total. The van der Waals surface area contributed by atoms with E-state index in [1.807, 2.05) is 0 Å². The lowest BCUT2D eigenvalue weighted by molar-refractivity contribution is -0.464. The predicted molar refractivity (Wildman–Crippen MR) is 82.1 cm³/mol. The largest absolute Gasteiger partial charge is 0.497 e. The van der Waals surface area contributed by atoms with Crippen LogP contribution in [0.3, 0.4) is 0 Å². The van der Waals surface area contributed by atoms with E-state index in [1.54, 1.807) is 6.07 Å². The molecule has 0 spiro atoms. The summed E-state index contributed by atoms with van der Waals surface area (Å²) in [7, 11) is 1.45. The van der Waals surface area contributed by atoms with Gasteiger partial charge in [0, 0.05) is 10.6 Å². The van der Waals surface area contributed by atoms with E-state index in [0.29, 0.717) is 11.3 Å². The summed E-state index contributed by atoms with van der Waals surface area (Å²) in [4.78, 5) is 4.06. The van der Waals surface area contributed by atoms with Gasteiger partial charge in [0.25, 0.3) is 0 Å². The van der Waals surface area contributed by atoms with Gasteiger partial charge in [-0.1, -0.05) is 6.92 Å². The number of methoxy groups -OCH3 is 1. The molecule has 1 aromatic rings. The normalized spacial score (nSPS) is 12.6. The summed E-state index contributed by atoms with van der Waals surface area (Å²) in [5, 5.41) is 11.2. The number of hydrogen-bond acceptors (Lipinski definition) is 8. The monoisotopic (exact) mass is 398 g/mol. The molecule has 0 aliphatic carbocycles. The van der Waals surface area contributed by atoms with Gasteiger partial charge in [-0.25, -0.2) is 0 Å². The van der Waals surface area contributed by atoms with E-state index in [-0.39, 0.29) is 12.1 Å². The van der Waals surface area contributed by atoms with Crippen molar-refractivity contribution in [3.8, 4) is 11.8 Å². The average molecular weight is 398 g/mol. The Morgan fingerprint density at radius 3 is 2.42 bits per heavy atom. The molecule has 1 rings (SSSR count). The maximum atomic E-state index is 13.2. The first-order valence-electron chi connectivity index (χ1n) is 6.97. The topological polar surface area (TPSA) is 82.3 Å². The van der Waals surface area contributed by atoms with Crippen molar-refractivity contribution in [3.05, 3.63) is 29.8 Å². The third-order valence-electron chi connectivity index (χ3n) is 2.62. The van der Waals surface area contributed by atoms with Gasteiger partial charge in [0.05, 0.1) is 13.7 Å². The molecule has 144 valence electrons. The minimum absolute atomic E-state index is 0.119. The summed E-state index contributed by atoms with van der Waals surface area (Å²) < 4.78 is 65.2. The van der Waals surface area contributed by atoms with Crippen LogP contribution in [-0.2, 0) is 19.1 Å². The molecular weight excluding hydrogens is 384 g/mol. The highest BCUT2D eigenvalue weighted by molar-refractivity contribution is 7.95. The Kier molecular flexibility index (Phi) is 8.59. The molecule has 0 radical (unpaired) electrons. The molecule has 0 unspecified atom stereocenters. The molecule has 7 nitrogen and oxygen atoms in total. The van der Waals surface area contributed by atoms with Gasteiger partial charge in [-0.15, -0.1) is 4.33 Å². The zero-order valence-electron chi connectivity index (χ0n) is 13.6. The molecule has 0 bridgehead atoms. The molecule has 0 atom stereocenters. The fourth-order valence-electron chi connectivity index (χ4n) is 1.37. The van der Waals surface area contributed by atoms with Gasteiger partial charge in [0.1, 0.15) is 23.9 Å². The van der Waals surface area contributed by atoms with Crippen molar-refractivity contribution in [1.29, 1.82) is 5.26 Å². The van der Waals surface area contributed by atoms with E-state index in [1.165, 1.54) is 38.3 Å². The number of rotatable bonds is 11. The first-order valence-corrected chi connectivity index (χ1v) is 7.72. The summed E-state index contributed by atoms with van der Waals surface area (Å²) in [6, 6.07) is 7.68. The number of nitriles is 1. The number of nitrogens with zero attached hydrogens (tertiary/aromatic N) is 2. The SMILES string of the molecule is CCCOC(F)(F)C(F)(F)SOOO/N=C(\C#N)c1ccc(OC)cc1. The maximum absolute atomic E-state index is 13.2. The Hall–Kier alpha value is -2.07. The Balaban J connectivity index is 2.53. The van der Waals surface area contributed by atoms with Crippen LogP contribution >= 0.6 is 12.0 Å². The van der Waals surface area contributed by atoms with Crippen LogP contribution in [0, 0.1) is 11.3 Å². The maximum Gasteiger partial charge on any atom is 0.432 e. The number of benzene rings is 1. The highest BCUT2D eigenvalue weighted by Gasteiger charge is 2.60. The second-order valence-corrected chi connectivity index (χ2v) is 5.27. The molecule has 0 heterocycles. The van der Waals surface area contributed by atoms with Crippen molar-refractivity contribution in [2.24, 2.45) is 5.16 Å². The smallest absolute Gasteiger partial charge is 0.432 e. The highest BCUT2D eigenvalue weighted by atomic mass is 32.2. The second-order valence-electron chi connectivity index (χ2n) is 4.46. The Morgan fingerprint density at radius 1 is 1.23 bits per heavy atom. The van der Waals surface area contributed by atoms with Gasteiger partial charge in [0.2, 0.25) is 0 Å². The van der Waals surface area contributed by atoms with Crippen LogP contribution < -0.4 is 4.74 Å². The van der Waals surface area contributed by atoms with Gasteiger partial charge in [0.15, 0.2) is 5.71 Å². The predicted octanol–water partition coefficient (Wildman–Crippen LogP) is 4.06. The van der Waals surface area contributed by atoms with E-state index >= 15 is 0 Å². The molecule has 0 fully saturated rings. The second kappa shape index (κ2) is 10.2. The molecule has 0 saturated carbocycles. The lowest BCUT2D eigenvalue weighted by Gasteiger charge is -2.23. The molecular formula is C14H14F4N2O5S. The summed E-state index contributed by atoms with van der Waals surface area (Å²) >= 11 is -1.03.